The number of allylic oxidation sites excluding steroid dienone is 1. The molecule has 1 fully saturated rings. The highest BCUT2D eigenvalue weighted by atomic mass is 16.5. The van der Waals surface area contributed by atoms with E-state index in [9.17, 15) is 5.11 Å². The molecule has 0 radical (unpaired) electrons. The molecule has 0 bridgehead atoms. The molecule has 4 atom stereocenters. The normalized spacial score (nSPS) is 24.3. The lowest BCUT2D eigenvalue weighted by molar-refractivity contribution is 0.0771. The van der Waals surface area contributed by atoms with E-state index in [2.05, 4.69) is 72.3 Å². The zero-order valence-corrected chi connectivity index (χ0v) is 24.4. The van der Waals surface area contributed by atoms with Crippen molar-refractivity contribution >= 4 is 0 Å². The minimum Gasteiger partial charge on any atom is -0.508 e. The fourth-order valence-electron chi connectivity index (χ4n) is 6.57. The second-order valence-electron chi connectivity index (χ2n) is 11.6. The first-order valence-corrected chi connectivity index (χ1v) is 15.0. The van der Waals surface area contributed by atoms with Crippen LogP contribution in [-0.2, 0) is 28.9 Å². The van der Waals surface area contributed by atoms with Crippen LogP contribution in [-0.4, -0.2) is 74.1 Å². The molecule has 2 aromatic rings. The number of aryl methyl sites for hydroxylation is 1. The maximum atomic E-state index is 9.92. The molecule has 1 heterocycles. The van der Waals surface area contributed by atoms with E-state index in [0.717, 1.165) is 63.6 Å². The van der Waals surface area contributed by atoms with E-state index in [4.69, 9.17) is 14.2 Å². The van der Waals surface area contributed by atoms with Crippen molar-refractivity contribution in [2.24, 2.45) is 11.8 Å². The molecular formula is C34H46N2O4. The topological polar surface area (TPSA) is 54.4 Å². The van der Waals surface area contributed by atoms with Crippen LogP contribution in [0.1, 0.15) is 42.9 Å². The highest BCUT2D eigenvalue weighted by Crippen LogP contribution is 2.38. The van der Waals surface area contributed by atoms with Gasteiger partial charge in [0.2, 0.25) is 0 Å². The molecule has 2 unspecified atom stereocenters. The SMILES string of the molecule is CCN(Cc1ccc(OCCN(C)C[C@@H]2CCCO2)cc1)C1C=C(OC)C=CC1[C@@H]1CCc2cc(O)ccc2C1. The number of ether oxygens (including phenoxy) is 3. The first-order valence-electron chi connectivity index (χ1n) is 15.0. The van der Waals surface area contributed by atoms with Gasteiger partial charge < -0.3 is 24.2 Å². The van der Waals surface area contributed by atoms with Crippen molar-refractivity contribution in [1.29, 1.82) is 0 Å². The van der Waals surface area contributed by atoms with Gasteiger partial charge in [-0.1, -0.05) is 31.2 Å². The Morgan fingerprint density at radius 3 is 2.67 bits per heavy atom. The van der Waals surface area contributed by atoms with E-state index >= 15 is 0 Å². The average Bonchev–Trinajstić information content (AvgIpc) is 3.49. The smallest absolute Gasteiger partial charge is 0.119 e. The molecule has 1 saturated heterocycles. The van der Waals surface area contributed by atoms with Crippen LogP contribution in [0.4, 0.5) is 0 Å². The van der Waals surface area contributed by atoms with Gasteiger partial charge in [-0.2, -0.15) is 0 Å². The summed E-state index contributed by atoms with van der Waals surface area (Å²) in [6.07, 6.45) is 12.7. The molecule has 1 N–H and O–H groups in total. The summed E-state index contributed by atoms with van der Waals surface area (Å²) in [5.41, 5.74) is 3.96. The summed E-state index contributed by atoms with van der Waals surface area (Å²) >= 11 is 0. The first-order chi connectivity index (χ1) is 19.5. The van der Waals surface area contributed by atoms with Crippen LogP contribution in [0.15, 0.2) is 66.5 Å². The predicted molar refractivity (Wildman–Crippen MR) is 160 cm³/mol. The maximum Gasteiger partial charge on any atom is 0.119 e. The lowest BCUT2D eigenvalue weighted by Gasteiger charge is -2.41. The van der Waals surface area contributed by atoms with Crippen LogP contribution in [0, 0.1) is 11.8 Å². The minimum absolute atomic E-state index is 0.268. The lowest BCUT2D eigenvalue weighted by Crippen LogP contribution is -2.43. The van der Waals surface area contributed by atoms with Gasteiger partial charge in [-0.15, -0.1) is 0 Å². The van der Waals surface area contributed by atoms with Crippen molar-refractivity contribution in [3.8, 4) is 11.5 Å². The van der Waals surface area contributed by atoms with Gasteiger partial charge in [0.15, 0.2) is 0 Å². The molecule has 3 aliphatic rings. The Bertz CT molecular complexity index is 1160. The summed E-state index contributed by atoms with van der Waals surface area (Å²) in [7, 11) is 3.90. The molecule has 0 aromatic heterocycles. The molecule has 6 nitrogen and oxygen atoms in total. The van der Waals surface area contributed by atoms with Crippen LogP contribution >= 0.6 is 0 Å². The van der Waals surface area contributed by atoms with E-state index in [1.165, 1.54) is 29.5 Å². The van der Waals surface area contributed by atoms with E-state index in [0.29, 0.717) is 30.3 Å². The molecule has 1 aliphatic heterocycles. The third kappa shape index (κ3) is 7.28. The number of hydrogen-bond acceptors (Lipinski definition) is 6. The highest BCUT2D eigenvalue weighted by molar-refractivity contribution is 5.37. The summed E-state index contributed by atoms with van der Waals surface area (Å²) in [6.45, 7) is 7.52. The Morgan fingerprint density at radius 1 is 1.07 bits per heavy atom. The molecule has 0 spiro atoms. The minimum atomic E-state index is 0.268. The van der Waals surface area contributed by atoms with Gasteiger partial charge in [0.25, 0.3) is 0 Å². The van der Waals surface area contributed by atoms with Crippen molar-refractivity contribution in [3.63, 3.8) is 0 Å². The number of benzene rings is 2. The Morgan fingerprint density at radius 2 is 1.93 bits per heavy atom. The fraction of sp³-hybridized carbons (Fsp3) is 0.529. The summed E-state index contributed by atoms with van der Waals surface area (Å²) in [5.74, 6) is 3.19. The highest BCUT2D eigenvalue weighted by Gasteiger charge is 2.34. The quantitative estimate of drug-likeness (QED) is 0.374. The number of rotatable bonds is 12. The number of phenols is 1. The van der Waals surface area contributed by atoms with Gasteiger partial charge in [0.05, 0.1) is 13.2 Å². The third-order valence-electron chi connectivity index (χ3n) is 8.87. The van der Waals surface area contributed by atoms with Crippen LogP contribution in [0.25, 0.3) is 0 Å². The Kier molecular flexibility index (Phi) is 9.84. The molecule has 0 saturated carbocycles. The van der Waals surface area contributed by atoms with E-state index in [1.54, 1.807) is 7.11 Å². The zero-order valence-electron chi connectivity index (χ0n) is 24.4. The van der Waals surface area contributed by atoms with E-state index in [-0.39, 0.29) is 6.04 Å². The summed E-state index contributed by atoms with van der Waals surface area (Å²) < 4.78 is 17.5. The molecule has 2 aliphatic carbocycles. The van der Waals surface area contributed by atoms with Gasteiger partial charge in [-0.3, -0.25) is 4.90 Å². The number of aromatic hydroxyl groups is 1. The van der Waals surface area contributed by atoms with E-state index < -0.39 is 0 Å². The summed E-state index contributed by atoms with van der Waals surface area (Å²) in [5, 5.41) is 9.92. The predicted octanol–water partition coefficient (Wildman–Crippen LogP) is 5.59. The number of fused-ring (bicyclic) bond motifs is 1. The lowest BCUT2D eigenvalue weighted by atomic mass is 9.72. The van der Waals surface area contributed by atoms with Crippen LogP contribution < -0.4 is 4.74 Å². The number of likely N-dealkylation sites (N-methyl/N-ethyl adjacent to an activating group) is 2. The fourth-order valence-corrected chi connectivity index (χ4v) is 6.57. The zero-order chi connectivity index (χ0) is 27.9. The van der Waals surface area contributed by atoms with Crippen molar-refractivity contribution in [2.75, 3.05) is 47.0 Å². The molecule has 40 heavy (non-hydrogen) atoms. The number of hydrogen-bond donors (Lipinski definition) is 1. The first kappa shape index (κ1) is 28.7. The van der Waals surface area contributed by atoms with Crippen LogP contribution in [0.5, 0.6) is 11.5 Å². The van der Waals surface area contributed by atoms with Crippen LogP contribution in [0.3, 0.4) is 0 Å². The molecule has 6 heteroatoms. The molecular weight excluding hydrogens is 500 g/mol. The molecule has 2 aromatic carbocycles. The van der Waals surface area contributed by atoms with Gasteiger partial charge in [0, 0.05) is 32.3 Å². The number of nitrogens with zero attached hydrogens (tertiary/aromatic N) is 2. The van der Waals surface area contributed by atoms with Crippen molar-refractivity contribution < 1.29 is 19.3 Å². The van der Waals surface area contributed by atoms with Gasteiger partial charge in [-0.25, -0.2) is 0 Å². The third-order valence-corrected chi connectivity index (χ3v) is 8.87. The Hall–Kier alpha value is -2.80. The second-order valence-corrected chi connectivity index (χ2v) is 11.6. The van der Waals surface area contributed by atoms with Crippen molar-refractivity contribution in [3.05, 3.63) is 83.1 Å². The van der Waals surface area contributed by atoms with E-state index in [1.807, 2.05) is 12.1 Å². The van der Waals surface area contributed by atoms with Gasteiger partial charge in [-0.05, 0) is 111 Å². The van der Waals surface area contributed by atoms with Crippen molar-refractivity contribution in [1.82, 2.24) is 9.80 Å². The van der Waals surface area contributed by atoms with Crippen LogP contribution in [0.2, 0.25) is 0 Å². The van der Waals surface area contributed by atoms with Gasteiger partial charge in [0.1, 0.15) is 23.9 Å². The van der Waals surface area contributed by atoms with Crippen molar-refractivity contribution in [2.45, 2.75) is 57.7 Å². The Labute approximate surface area is 240 Å². The number of phenolic OH excluding ortho intramolecular Hbond substituents is 1. The largest absolute Gasteiger partial charge is 0.508 e. The average molecular weight is 547 g/mol. The monoisotopic (exact) mass is 546 g/mol. The maximum absolute atomic E-state index is 9.92. The summed E-state index contributed by atoms with van der Waals surface area (Å²) in [6, 6.07) is 14.8. The second kappa shape index (κ2) is 13.7. The number of methoxy groups -OCH3 is 1. The molecule has 5 rings (SSSR count). The Balaban J connectivity index is 1.19. The molecule has 216 valence electrons. The summed E-state index contributed by atoms with van der Waals surface area (Å²) in [4.78, 5) is 4.87. The molecule has 0 amide bonds. The van der Waals surface area contributed by atoms with Gasteiger partial charge >= 0.3 is 0 Å². The standard InChI is InChI=1S/C34H46N2O4/c1-4-36(23-25-7-13-30(14-8-25)40-19-17-35(2)24-32-6-5-18-39-32)34-22-31(38-3)15-16-33(34)28-10-9-27-21-29(37)12-11-26(27)20-28/h7-8,11-16,21-22,28,32-34,37H,4-6,9-10,17-20,23-24H2,1-3H3/t28-,32+,33?,34?/m1/s1.